The van der Waals surface area contributed by atoms with E-state index in [-0.39, 0.29) is 0 Å². The third kappa shape index (κ3) is 3.73. The van der Waals surface area contributed by atoms with Gasteiger partial charge in [-0.1, -0.05) is 6.08 Å². The van der Waals surface area contributed by atoms with E-state index in [0.29, 0.717) is 0 Å². The molecular weight excluding hydrogens is 190 g/mol. The van der Waals surface area contributed by atoms with E-state index in [1.54, 1.807) is 6.33 Å². The van der Waals surface area contributed by atoms with Crippen LogP contribution in [-0.2, 0) is 0 Å². The SMILES string of the molecule is C=CCSCCNc1ncns1. The highest BCUT2D eigenvalue weighted by Gasteiger charge is 1.92. The van der Waals surface area contributed by atoms with Crippen LogP contribution in [0.5, 0.6) is 0 Å². The third-order valence-corrected chi connectivity index (χ3v) is 2.71. The van der Waals surface area contributed by atoms with Crippen molar-refractivity contribution in [3.8, 4) is 0 Å². The first-order valence-electron chi connectivity index (χ1n) is 3.62. The summed E-state index contributed by atoms with van der Waals surface area (Å²) in [6.07, 6.45) is 3.47. The van der Waals surface area contributed by atoms with Crippen LogP contribution in [0.3, 0.4) is 0 Å². The smallest absolute Gasteiger partial charge is 0.202 e. The van der Waals surface area contributed by atoms with Crippen molar-refractivity contribution in [3.63, 3.8) is 0 Å². The molecule has 0 saturated heterocycles. The highest BCUT2D eigenvalue weighted by Crippen LogP contribution is 2.06. The minimum atomic E-state index is 0.897. The van der Waals surface area contributed by atoms with Gasteiger partial charge in [-0.05, 0) is 0 Å². The summed E-state index contributed by atoms with van der Waals surface area (Å²) in [5.74, 6) is 2.09. The lowest BCUT2D eigenvalue weighted by molar-refractivity contribution is 1.20. The minimum absolute atomic E-state index is 0.897. The van der Waals surface area contributed by atoms with Gasteiger partial charge in [0.15, 0.2) is 0 Å². The molecule has 0 unspecified atom stereocenters. The van der Waals surface area contributed by atoms with Crippen LogP contribution >= 0.6 is 23.3 Å². The predicted octanol–water partition coefficient (Wildman–Crippen LogP) is 1.87. The van der Waals surface area contributed by atoms with Gasteiger partial charge in [-0.15, -0.1) is 6.58 Å². The van der Waals surface area contributed by atoms with Crippen LogP contribution in [0.1, 0.15) is 0 Å². The second-order valence-corrected chi connectivity index (χ2v) is 3.97. The lowest BCUT2D eigenvalue weighted by Gasteiger charge is -1.99. The molecule has 0 aromatic carbocycles. The Labute approximate surface area is 80.5 Å². The number of thioether (sulfide) groups is 1. The van der Waals surface area contributed by atoms with Crippen molar-refractivity contribution in [2.75, 3.05) is 23.4 Å². The van der Waals surface area contributed by atoms with Gasteiger partial charge in [-0.2, -0.15) is 16.1 Å². The molecule has 1 aromatic heterocycles. The summed E-state index contributed by atoms with van der Waals surface area (Å²) >= 11 is 3.24. The zero-order chi connectivity index (χ0) is 8.65. The molecule has 0 atom stereocenters. The maximum atomic E-state index is 4.00. The van der Waals surface area contributed by atoms with E-state index >= 15 is 0 Å². The Morgan fingerprint density at radius 2 is 2.67 bits per heavy atom. The number of nitrogens with one attached hydrogen (secondary N) is 1. The van der Waals surface area contributed by atoms with Gasteiger partial charge in [0, 0.05) is 29.6 Å². The Bertz CT molecular complexity index is 210. The normalized spacial score (nSPS) is 9.67. The van der Waals surface area contributed by atoms with E-state index < -0.39 is 0 Å². The summed E-state index contributed by atoms with van der Waals surface area (Å²) < 4.78 is 3.88. The van der Waals surface area contributed by atoms with Crippen molar-refractivity contribution in [2.45, 2.75) is 0 Å². The first kappa shape index (κ1) is 9.54. The number of hydrogen-bond donors (Lipinski definition) is 1. The molecule has 1 aromatic rings. The summed E-state index contributed by atoms with van der Waals surface area (Å²) in [5, 5.41) is 4.07. The molecule has 0 spiro atoms. The molecule has 0 fully saturated rings. The van der Waals surface area contributed by atoms with Gasteiger partial charge in [-0.25, -0.2) is 4.98 Å². The number of nitrogens with zero attached hydrogens (tertiary/aromatic N) is 2. The first-order valence-corrected chi connectivity index (χ1v) is 5.55. The number of anilines is 1. The molecule has 0 saturated carbocycles. The summed E-state index contributed by atoms with van der Waals surface area (Å²) in [7, 11) is 0. The van der Waals surface area contributed by atoms with Crippen molar-refractivity contribution in [1.82, 2.24) is 9.36 Å². The number of rotatable bonds is 6. The van der Waals surface area contributed by atoms with Gasteiger partial charge in [0.25, 0.3) is 0 Å². The van der Waals surface area contributed by atoms with E-state index in [4.69, 9.17) is 0 Å². The number of aromatic nitrogens is 2. The largest absolute Gasteiger partial charge is 0.359 e. The highest BCUT2D eigenvalue weighted by atomic mass is 32.2. The lowest BCUT2D eigenvalue weighted by Crippen LogP contribution is -2.03. The maximum Gasteiger partial charge on any atom is 0.202 e. The predicted molar refractivity (Wildman–Crippen MR) is 55.9 cm³/mol. The molecule has 5 heteroatoms. The van der Waals surface area contributed by atoms with Crippen molar-refractivity contribution >= 4 is 28.4 Å². The van der Waals surface area contributed by atoms with Crippen LogP contribution in [0, 0.1) is 0 Å². The molecule has 12 heavy (non-hydrogen) atoms. The fourth-order valence-corrected chi connectivity index (χ4v) is 1.68. The molecule has 0 amide bonds. The maximum absolute atomic E-state index is 4.00. The van der Waals surface area contributed by atoms with E-state index in [1.165, 1.54) is 11.5 Å². The average Bonchev–Trinajstić information content (AvgIpc) is 2.57. The van der Waals surface area contributed by atoms with Crippen LogP contribution in [-0.4, -0.2) is 27.4 Å². The summed E-state index contributed by atoms with van der Waals surface area (Å²) in [6.45, 7) is 4.58. The summed E-state index contributed by atoms with van der Waals surface area (Å²) in [5.41, 5.74) is 0. The molecule has 1 rings (SSSR count). The Hall–Kier alpha value is -0.550. The molecule has 0 radical (unpaired) electrons. The molecule has 66 valence electrons. The minimum Gasteiger partial charge on any atom is -0.359 e. The van der Waals surface area contributed by atoms with Crippen LogP contribution < -0.4 is 5.32 Å². The molecule has 0 bridgehead atoms. The highest BCUT2D eigenvalue weighted by molar-refractivity contribution is 7.99. The second kappa shape index (κ2) is 6.02. The van der Waals surface area contributed by atoms with Crippen molar-refractivity contribution < 1.29 is 0 Å². The van der Waals surface area contributed by atoms with E-state index in [1.807, 2.05) is 17.8 Å². The van der Waals surface area contributed by atoms with Crippen LogP contribution in [0.2, 0.25) is 0 Å². The molecule has 1 heterocycles. The fourth-order valence-electron chi connectivity index (χ4n) is 0.648. The fraction of sp³-hybridized carbons (Fsp3) is 0.429. The Morgan fingerprint density at radius 3 is 3.33 bits per heavy atom. The average molecular weight is 201 g/mol. The lowest BCUT2D eigenvalue weighted by atomic mass is 10.7. The molecule has 0 aliphatic rings. The monoisotopic (exact) mass is 201 g/mol. The van der Waals surface area contributed by atoms with E-state index in [0.717, 1.165) is 23.2 Å². The van der Waals surface area contributed by atoms with Crippen molar-refractivity contribution in [3.05, 3.63) is 19.0 Å². The van der Waals surface area contributed by atoms with Crippen LogP contribution in [0.4, 0.5) is 5.13 Å². The van der Waals surface area contributed by atoms with Gasteiger partial charge < -0.3 is 5.32 Å². The second-order valence-electron chi connectivity index (χ2n) is 2.04. The van der Waals surface area contributed by atoms with Gasteiger partial charge in [-0.3, -0.25) is 0 Å². The van der Waals surface area contributed by atoms with E-state index in [2.05, 4.69) is 21.3 Å². The molecule has 0 aliphatic heterocycles. The molecular formula is C7H11N3S2. The molecule has 3 nitrogen and oxygen atoms in total. The van der Waals surface area contributed by atoms with Gasteiger partial charge in [0.05, 0.1) is 0 Å². The van der Waals surface area contributed by atoms with Crippen molar-refractivity contribution in [2.24, 2.45) is 0 Å². The number of hydrogen-bond acceptors (Lipinski definition) is 5. The summed E-state index contributed by atoms with van der Waals surface area (Å²) in [6, 6.07) is 0. The first-order chi connectivity index (χ1) is 5.93. The van der Waals surface area contributed by atoms with Gasteiger partial charge in [0.2, 0.25) is 5.13 Å². The van der Waals surface area contributed by atoms with Gasteiger partial charge >= 0.3 is 0 Å². The van der Waals surface area contributed by atoms with Crippen LogP contribution in [0.15, 0.2) is 19.0 Å². The standard InChI is InChI=1S/C7H11N3S2/c1-2-4-11-5-3-8-7-9-6-10-12-7/h2,6H,1,3-5H2,(H,8,9,10). The zero-order valence-corrected chi connectivity index (χ0v) is 8.33. The van der Waals surface area contributed by atoms with Crippen LogP contribution in [0.25, 0.3) is 0 Å². The zero-order valence-electron chi connectivity index (χ0n) is 6.69. The van der Waals surface area contributed by atoms with Crippen molar-refractivity contribution in [1.29, 1.82) is 0 Å². The molecule has 1 N–H and O–H groups in total. The Kier molecular flexibility index (Phi) is 4.79. The van der Waals surface area contributed by atoms with E-state index in [9.17, 15) is 0 Å². The van der Waals surface area contributed by atoms with Gasteiger partial charge in [0.1, 0.15) is 6.33 Å². The Morgan fingerprint density at radius 1 is 1.75 bits per heavy atom. The molecule has 0 aliphatic carbocycles. The topological polar surface area (TPSA) is 37.8 Å². The summed E-state index contributed by atoms with van der Waals surface area (Å²) in [4.78, 5) is 4.00. The Balaban J connectivity index is 2.00. The quantitative estimate of drug-likeness (QED) is 0.563. The third-order valence-electron chi connectivity index (χ3n) is 1.12.